The third-order valence-corrected chi connectivity index (χ3v) is 5.27. The highest BCUT2D eigenvalue weighted by Gasteiger charge is 2.41. The predicted molar refractivity (Wildman–Crippen MR) is 79.7 cm³/mol. The van der Waals surface area contributed by atoms with Crippen LogP contribution >= 0.6 is 43.6 Å². The molecule has 0 radical (unpaired) electrons. The standard InChI is InChI=1S/C12H13Br2NOS/c1-17-12(2-3-12)7-15-11(16)8-4-9(13)6-10(14)5-8/h4-6H,2-3,7H2,1H3,(H,15,16). The van der Waals surface area contributed by atoms with Gasteiger partial charge in [0.05, 0.1) is 0 Å². The molecule has 92 valence electrons. The fourth-order valence-electron chi connectivity index (χ4n) is 1.62. The maximum Gasteiger partial charge on any atom is 0.251 e. The van der Waals surface area contributed by atoms with Gasteiger partial charge in [-0.25, -0.2) is 0 Å². The van der Waals surface area contributed by atoms with Crippen molar-refractivity contribution in [2.24, 2.45) is 0 Å². The molecule has 0 bridgehead atoms. The van der Waals surface area contributed by atoms with E-state index in [1.54, 1.807) is 0 Å². The quantitative estimate of drug-likeness (QED) is 0.862. The van der Waals surface area contributed by atoms with E-state index in [9.17, 15) is 4.79 Å². The van der Waals surface area contributed by atoms with Gasteiger partial charge in [-0.15, -0.1) is 0 Å². The van der Waals surface area contributed by atoms with E-state index in [1.807, 2.05) is 30.0 Å². The number of thioether (sulfide) groups is 1. The van der Waals surface area contributed by atoms with Crippen molar-refractivity contribution in [3.05, 3.63) is 32.7 Å². The second kappa shape index (κ2) is 5.33. The van der Waals surface area contributed by atoms with Crippen molar-refractivity contribution < 1.29 is 4.79 Å². The molecule has 0 saturated heterocycles. The lowest BCUT2D eigenvalue weighted by Gasteiger charge is -2.13. The van der Waals surface area contributed by atoms with Crippen LogP contribution in [0, 0.1) is 0 Å². The summed E-state index contributed by atoms with van der Waals surface area (Å²) >= 11 is 8.62. The van der Waals surface area contributed by atoms with E-state index in [0.29, 0.717) is 10.3 Å². The number of hydrogen-bond acceptors (Lipinski definition) is 2. The summed E-state index contributed by atoms with van der Waals surface area (Å²) in [4.78, 5) is 12.0. The van der Waals surface area contributed by atoms with Gasteiger partial charge in [0.1, 0.15) is 0 Å². The van der Waals surface area contributed by atoms with Crippen LogP contribution in [0.5, 0.6) is 0 Å². The summed E-state index contributed by atoms with van der Waals surface area (Å²) in [5.41, 5.74) is 0.683. The van der Waals surface area contributed by atoms with Crippen LogP contribution in [0.25, 0.3) is 0 Å². The highest BCUT2D eigenvalue weighted by atomic mass is 79.9. The first kappa shape index (κ1) is 13.4. The molecule has 0 atom stereocenters. The molecule has 0 aliphatic heterocycles. The summed E-state index contributed by atoms with van der Waals surface area (Å²) < 4.78 is 2.12. The monoisotopic (exact) mass is 377 g/mol. The normalized spacial score (nSPS) is 16.6. The van der Waals surface area contributed by atoms with E-state index in [4.69, 9.17) is 0 Å². The SMILES string of the molecule is CSC1(CNC(=O)c2cc(Br)cc(Br)c2)CC1. The maximum absolute atomic E-state index is 12.0. The zero-order valence-electron chi connectivity index (χ0n) is 9.43. The van der Waals surface area contributed by atoms with Gasteiger partial charge in [-0.2, -0.15) is 11.8 Å². The largest absolute Gasteiger partial charge is 0.351 e. The first-order chi connectivity index (χ1) is 8.04. The van der Waals surface area contributed by atoms with Crippen molar-refractivity contribution in [1.82, 2.24) is 5.32 Å². The number of amides is 1. The molecule has 1 saturated carbocycles. The van der Waals surface area contributed by atoms with Crippen LogP contribution in [0.1, 0.15) is 23.2 Å². The number of rotatable bonds is 4. The lowest BCUT2D eigenvalue weighted by molar-refractivity contribution is 0.0953. The van der Waals surface area contributed by atoms with Crippen LogP contribution in [0.4, 0.5) is 0 Å². The molecule has 2 nitrogen and oxygen atoms in total. The number of halogens is 2. The van der Waals surface area contributed by atoms with E-state index in [-0.39, 0.29) is 5.91 Å². The van der Waals surface area contributed by atoms with Crippen molar-refractivity contribution in [3.8, 4) is 0 Å². The topological polar surface area (TPSA) is 29.1 Å². The predicted octanol–water partition coefficient (Wildman–Crippen LogP) is 3.84. The van der Waals surface area contributed by atoms with Crippen molar-refractivity contribution >= 4 is 49.5 Å². The van der Waals surface area contributed by atoms with Crippen LogP contribution in [0.3, 0.4) is 0 Å². The molecule has 1 aromatic carbocycles. The smallest absolute Gasteiger partial charge is 0.251 e. The van der Waals surface area contributed by atoms with Gasteiger partial charge in [-0.3, -0.25) is 4.79 Å². The average Bonchev–Trinajstić information content (AvgIpc) is 3.05. The second-order valence-corrected chi connectivity index (χ2v) is 7.33. The minimum atomic E-state index is -0.00711. The van der Waals surface area contributed by atoms with Gasteiger partial charge >= 0.3 is 0 Å². The molecule has 2 rings (SSSR count). The molecule has 0 spiro atoms. The van der Waals surface area contributed by atoms with Gasteiger partial charge in [0.2, 0.25) is 0 Å². The Kier molecular flexibility index (Phi) is 4.21. The van der Waals surface area contributed by atoms with Gasteiger partial charge in [-0.1, -0.05) is 31.9 Å². The molecule has 5 heteroatoms. The molecular formula is C12H13Br2NOS. The fourth-order valence-corrected chi connectivity index (χ4v) is 3.64. The molecule has 0 unspecified atom stereocenters. The van der Waals surface area contributed by atoms with E-state index >= 15 is 0 Å². The van der Waals surface area contributed by atoms with Crippen LogP contribution in [0.2, 0.25) is 0 Å². The Morgan fingerprint density at radius 3 is 2.41 bits per heavy atom. The Bertz CT molecular complexity index is 426. The van der Waals surface area contributed by atoms with Crippen LogP contribution in [0.15, 0.2) is 27.1 Å². The Hall–Kier alpha value is -0.000000000000000111. The summed E-state index contributed by atoms with van der Waals surface area (Å²) in [7, 11) is 0. The molecule has 0 heterocycles. The Morgan fingerprint density at radius 2 is 1.94 bits per heavy atom. The molecule has 0 aromatic heterocycles. The summed E-state index contributed by atoms with van der Waals surface area (Å²) in [6.45, 7) is 0.761. The van der Waals surface area contributed by atoms with Gasteiger partial charge in [-0.05, 0) is 37.3 Å². The Labute approximate surface area is 122 Å². The molecule has 1 aliphatic rings. The highest BCUT2D eigenvalue weighted by molar-refractivity contribution is 9.11. The molecule has 1 fully saturated rings. The van der Waals surface area contributed by atoms with E-state index < -0.39 is 0 Å². The summed E-state index contributed by atoms with van der Waals surface area (Å²) in [6, 6.07) is 5.58. The van der Waals surface area contributed by atoms with Gasteiger partial charge < -0.3 is 5.32 Å². The van der Waals surface area contributed by atoms with Crippen LogP contribution in [-0.2, 0) is 0 Å². The second-order valence-electron chi connectivity index (χ2n) is 4.23. The zero-order chi connectivity index (χ0) is 12.5. The highest BCUT2D eigenvalue weighted by Crippen LogP contribution is 2.46. The first-order valence-corrected chi connectivity index (χ1v) is 8.15. The van der Waals surface area contributed by atoms with Crippen LogP contribution in [-0.4, -0.2) is 23.5 Å². The molecule has 17 heavy (non-hydrogen) atoms. The summed E-state index contributed by atoms with van der Waals surface area (Å²) in [6.07, 6.45) is 4.52. The van der Waals surface area contributed by atoms with Crippen molar-refractivity contribution in [1.29, 1.82) is 0 Å². The molecule has 1 N–H and O–H groups in total. The Morgan fingerprint density at radius 1 is 1.35 bits per heavy atom. The lowest BCUT2D eigenvalue weighted by atomic mass is 10.2. The fraction of sp³-hybridized carbons (Fsp3) is 0.417. The number of benzene rings is 1. The van der Waals surface area contributed by atoms with Gasteiger partial charge in [0.25, 0.3) is 5.91 Å². The van der Waals surface area contributed by atoms with E-state index in [1.165, 1.54) is 12.8 Å². The third kappa shape index (κ3) is 3.48. The molecule has 1 aliphatic carbocycles. The summed E-state index contributed by atoms with van der Waals surface area (Å²) in [5.74, 6) is -0.00711. The molecular weight excluding hydrogens is 366 g/mol. The Balaban J connectivity index is 1.99. The lowest BCUT2D eigenvalue weighted by Crippen LogP contribution is -2.31. The van der Waals surface area contributed by atoms with Crippen molar-refractivity contribution in [2.75, 3.05) is 12.8 Å². The maximum atomic E-state index is 12.0. The molecule has 1 amide bonds. The van der Waals surface area contributed by atoms with Gasteiger partial charge in [0.15, 0.2) is 0 Å². The van der Waals surface area contributed by atoms with Crippen molar-refractivity contribution in [2.45, 2.75) is 17.6 Å². The van der Waals surface area contributed by atoms with Gasteiger partial charge in [0, 0.05) is 25.8 Å². The van der Waals surface area contributed by atoms with Crippen molar-refractivity contribution in [3.63, 3.8) is 0 Å². The zero-order valence-corrected chi connectivity index (χ0v) is 13.4. The first-order valence-electron chi connectivity index (χ1n) is 5.34. The number of hydrogen-bond donors (Lipinski definition) is 1. The number of nitrogens with one attached hydrogen (secondary N) is 1. The van der Waals surface area contributed by atoms with Crippen LogP contribution < -0.4 is 5.32 Å². The third-order valence-electron chi connectivity index (χ3n) is 2.94. The molecule has 1 aromatic rings. The minimum absolute atomic E-state index is 0.00711. The number of carbonyl (C=O) groups is 1. The summed E-state index contributed by atoms with van der Waals surface area (Å²) in [5, 5.41) is 3.01. The average molecular weight is 379 g/mol. The van der Waals surface area contributed by atoms with E-state index in [2.05, 4.69) is 43.4 Å². The minimum Gasteiger partial charge on any atom is -0.351 e. The number of carbonyl (C=O) groups excluding carboxylic acids is 1. The van der Waals surface area contributed by atoms with E-state index in [0.717, 1.165) is 15.5 Å².